The first-order valence-corrected chi connectivity index (χ1v) is 16.4. The summed E-state index contributed by atoms with van der Waals surface area (Å²) in [6, 6.07) is 10.2. The number of allylic oxidation sites excluding steroid dienone is 4. The molecule has 1 aliphatic rings. The first kappa shape index (κ1) is 32.9. The molecule has 34 heavy (non-hydrogen) atoms. The van der Waals surface area contributed by atoms with Crippen molar-refractivity contribution in [3.63, 3.8) is 0 Å². The summed E-state index contributed by atoms with van der Waals surface area (Å²) in [6.45, 7) is 13.3. The van der Waals surface area contributed by atoms with Crippen LogP contribution in [0.3, 0.4) is 0 Å². The molecule has 1 aliphatic carbocycles. The SMILES string of the molecule is CC1=[C-]C(C)C(C)=C1C.C[Si](C)=[Zr+2].Cl.Cl.Fc1cc(F)c(F)c(-c2c[cH-]c3ccccc23)c1F. The number of benzene rings is 2. The van der Waals surface area contributed by atoms with E-state index in [-0.39, 0.29) is 41.9 Å². The molecule has 0 saturated carbocycles. The van der Waals surface area contributed by atoms with Gasteiger partial charge in [-0.25, -0.2) is 23.1 Å². The fraction of sp³-hybridized carbons (Fsp3) is 0.269. The normalized spacial score (nSPS) is 14.2. The Labute approximate surface area is 227 Å². The van der Waals surface area contributed by atoms with E-state index in [4.69, 9.17) is 0 Å². The molecule has 0 bridgehead atoms. The predicted octanol–water partition coefficient (Wildman–Crippen LogP) is 9.13. The van der Waals surface area contributed by atoms with Gasteiger partial charge in [0, 0.05) is 11.6 Å². The largest absolute Gasteiger partial charge is 0.204 e. The van der Waals surface area contributed by atoms with Gasteiger partial charge in [-0.3, -0.25) is 6.08 Å². The summed E-state index contributed by atoms with van der Waals surface area (Å²) < 4.78 is 54.0. The minimum absolute atomic E-state index is 0. The van der Waals surface area contributed by atoms with Crippen molar-refractivity contribution in [2.45, 2.75) is 40.8 Å². The molecule has 0 spiro atoms. The van der Waals surface area contributed by atoms with Crippen molar-refractivity contribution in [2.75, 3.05) is 0 Å². The summed E-state index contributed by atoms with van der Waals surface area (Å²) in [4.78, 5) is 0. The van der Waals surface area contributed by atoms with E-state index >= 15 is 0 Å². The Kier molecular flexibility index (Phi) is 14.0. The van der Waals surface area contributed by atoms with E-state index in [1.165, 1.54) is 22.8 Å². The standard InChI is InChI=1S/C15H7F4.C9H13.C2H6Si.2ClH.Zr/c16-11-7-12(17)15(19)13(14(11)18)10-6-5-8-3-1-2-4-9(8)10;1-6-5-7(2)9(4)8(6)3;1-3-2;;;/h1-7H;6H,1-4H3;1-2H3;2*1H;/q2*-1;;;;+2. The Morgan fingerprint density at radius 3 is 1.85 bits per heavy atom. The molecule has 8 heteroatoms. The molecule has 0 fully saturated rings. The van der Waals surface area contributed by atoms with Gasteiger partial charge in [-0.1, -0.05) is 32.8 Å². The molecular formula is C26H28Cl2F4SiZr. The molecule has 1 atom stereocenters. The Morgan fingerprint density at radius 2 is 1.44 bits per heavy atom. The van der Waals surface area contributed by atoms with Gasteiger partial charge in [0.2, 0.25) is 0 Å². The number of hydrogen-bond donors (Lipinski definition) is 0. The van der Waals surface area contributed by atoms with Gasteiger partial charge in [-0.15, -0.1) is 78.4 Å². The summed E-state index contributed by atoms with van der Waals surface area (Å²) in [7, 11) is 0. The third kappa shape index (κ3) is 7.98. The van der Waals surface area contributed by atoms with Gasteiger partial charge in [0.15, 0.2) is 23.3 Å². The monoisotopic (exact) mass is 604 g/mol. The fourth-order valence-electron chi connectivity index (χ4n) is 3.34. The molecule has 3 aromatic carbocycles. The van der Waals surface area contributed by atoms with E-state index in [1.807, 2.05) is 0 Å². The van der Waals surface area contributed by atoms with E-state index < -0.39 is 28.8 Å². The van der Waals surface area contributed by atoms with Crippen molar-refractivity contribution in [1.29, 1.82) is 0 Å². The first-order valence-electron chi connectivity index (χ1n) is 10.2. The number of halogens is 6. The van der Waals surface area contributed by atoms with E-state index in [2.05, 4.69) is 46.9 Å². The van der Waals surface area contributed by atoms with Crippen LogP contribution in [0.1, 0.15) is 27.7 Å². The third-order valence-electron chi connectivity index (χ3n) is 5.30. The molecule has 3 aromatic rings. The predicted molar refractivity (Wildman–Crippen MR) is 137 cm³/mol. The topological polar surface area (TPSA) is 0 Å². The quantitative estimate of drug-likeness (QED) is 0.112. The smallest absolute Gasteiger partial charge is 0.161 e. The molecule has 0 radical (unpaired) electrons. The van der Waals surface area contributed by atoms with Crippen LogP contribution in [0.4, 0.5) is 17.6 Å². The minimum atomic E-state index is -1.40. The van der Waals surface area contributed by atoms with Crippen molar-refractivity contribution >= 4 is 41.0 Å². The zero-order chi connectivity index (χ0) is 24.2. The summed E-state index contributed by atoms with van der Waals surface area (Å²) in [5, 5.41) is 1.30. The van der Waals surface area contributed by atoms with Crippen molar-refractivity contribution < 1.29 is 40.9 Å². The molecule has 1 unspecified atom stereocenters. The van der Waals surface area contributed by atoms with E-state index in [1.54, 1.807) is 53.7 Å². The molecule has 4 rings (SSSR count). The maximum absolute atomic E-state index is 13.8. The van der Waals surface area contributed by atoms with Crippen LogP contribution < -0.4 is 0 Å². The van der Waals surface area contributed by atoms with Crippen molar-refractivity contribution in [1.82, 2.24) is 0 Å². The van der Waals surface area contributed by atoms with Crippen molar-refractivity contribution in [2.24, 2.45) is 5.92 Å². The molecule has 182 valence electrons. The summed E-state index contributed by atoms with van der Waals surface area (Å²) in [5.74, 6) is -5.01. The van der Waals surface area contributed by atoms with E-state index in [0.29, 0.717) is 11.3 Å². The number of hydrogen-bond acceptors (Lipinski definition) is 0. The van der Waals surface area contributed by atoms with Crippen LogP contribution in [0.2, 0.25) is 13.1 Å². The van der Waals surface area contributed by atoms with Crippen LogP contribution in [-0.2, 0) is 23.3 Å². The van der Waals surface area contributed by atoms with Crippen LogP contribution in [0.25, 0.3) is 21.9 Å². The van der Waals surface area contributed by atoms with Gasteiger partial charge < -0.3 is 0 Å². The molecule has 0 aromatic heterocycles. The fourth-order valence-corrected chi connectivity index (χ4v) is 3.34. The molecule has 0 nitrogen and oxygen atoms in total. The van der Waals surface area contributed by atoms with Crippen molar-refractivity contribution in [3.05, 3.63) is 88.5 Å². The Balaban J connectivity index is 0.000000614. The van der Waals surface area contributed by atoms with E-state index in [0.717, 1.165) is 5.39 Å². The Bertz CT molecular complexity index is 1180. The van der Waals surface area contributed by atoms with Gasteiger partial charge in [0.1, 0.15) is 0 Å². The molecule has 0 amide bonds. The second-order valence-electron chi connectivity index (χ2n) is 7.98. The van der Waals surface area contributed by atoms with Gasteiger partial charge in [0.25, 0.3) is 0 Å². The van der Waals surface area contributed by atoms with Gasteiger partial charge in [-0.2, -0.15) is 11.1 Å². The minimum Gasteiger partial charge on any atom is -0.204 e. The van der Waals surface area contributed by atoms with Gasteiger partial charge in [-0.05, 0) is 0 Å². The zero-order valence-electron chi connectivity index (χ0n) is 19.9. The van der Waals surface area contributed by atoms with Crippen LogP contribution in [0.5, 0.6) is 0 Å². The maximum atomic E-state index is 13.8. The Hall–Kier alpha value is -1.07. The number of rotatable bonds is 1. The van der Waals surface area contributed by atoms with Crippen LogP contribution in [-0.4, -0.2) is 5.43 Å². The molecule has 0 saturated heterocycles. The second kappa shape index (κ2) is 14.5. The molecular weight excluding hydrogens is 578 g/mol. The molecule has 0 N–H and O–H groups in total. The average Bonchev–Trinajstić information content (AvgIpc) is 3.24. The van der Waals surface area contributed by atoms with Crippen LogP contribution in [0, 0.1) is 35.3 Å². The van der Waals surface area contributed by atoms with Crippen LogP contribution in [0.15, 0.2) is 59.2 Å². The van der Waals surface area contributed by atoms with Gasteiger partial charge >= 0.3 is 41.9 Å². The van der Waals surface area contributed by atoms with Crippen molar-refractivity contribution in [3.8, 4) is 11.1 Å². The van der Waals surface area contributed by atoms with E-state index in [9.17, 15) is 17.6 Å². The first-order chi connectivity index (χ1) is 15.0. The van der Waals surface area contributed by atoms with Gasteiger partial charge in [0.05, 0.1) is 0 Å². The average molecular weight is 607 g/mol. The molecule has 0 aliphatic heterocycles. The third-order valence-corrected chi connectivity index (χ3v) is 5.30. The maximum Gasteiger partial charge on any atom is 0.161 e. The summed E-state index contributed by atoms with van der Waals surface area (Å²) >= 11 is 1.74. The molecule has 0 heterocycles. The summed E-state index contributed by atoms with van der Waals surface area (Å²) in [6.07, 6.45) is 3.36. The van der Waals surface area contributed by atoms with Crippen LogP contribution >= 0.6 is 24.8 Å². The zero-order valence-corrected chi connectivity index (χ0v) is 25.0. The second-order valence-corrected chi connectivity index (χ2v) is 17.4. The number of fused-ring (bicyclic) bond motifs is 1. The Morgan fingerprint density at radius 1 is 0.941 bits per heavy atom. The summed E-state index contributed by atoms with van der Waals surface area (Å²) in [5.41, 5.74) is 3.93.